The summed E-state index contributed by atoms with van der Waals surface area (Å²) >= 11 is 0. The Balaban J connectivity index is 1.74. The van der Waals surface area contributed by atoms with Gasteiger partial charge in [-0.15, -0.1) is 0 Å². The number of rotatable bonds is 9. The normalized spacial score (nSPS) is 11.9. The van der Waals surface area contributed by atoms with Gasteiger partial charge in [0.15, 0.2) is 5.82 Å². The SMILES string of the molecule is CCCS(=O)(=O)Nc1ccc(F)c(C(=O)c2c[nH]c3ncnc(Nc4cccc(N/C(C)=N\N)c4)c23)c1F. The summed E-state index contributed by atoms with van der Waals surface area (Å²) in [5.74, 6) is 2.18. The van der Waals surface area contributed by atoms with Gasteiger partial charge in [-0.05, 0) is 43.7 Å². The maximum Gasteiger partial charge on any atom is 0.232 e. The molecule has 4 aromatic rings. The second-order valence-electron chi connectivity index (χ2n) is 8.23. The molecule has 0 saturated carbocycles. The minimum atomic E-state index is -3.88. The third kappa shape index (κ3) is 5.54. The van der Waals surface area contributed by atoms with Crippen molar-refractivity contribution in [3.05, 3.63) is 71.7 Å². The fraction of sp³-hybridized carbons (Fsp3) is 0.167. The largest absolute Gasteiger partial charge is 0.345 e. The smallest absolute Gasteiger partial charge is 0.232 e. The molecule has 0 aliphatic carbocycles. The standard InChI is InChI=1S/C24H24F2N8O3S/c1-3-9-38(36,37)34-18-8-7-17(25)20(21(18)26)22(35)16-11-28-23-19(16)24(30-12-29-23)32-15-6-4-5-14(10-15)31-13(2)33-27/h4-8,10-12,34H,3,9,27H2,1-2H3,(H,31,33)(H2,28,29,30,32). The zero-order chi connectivity index (χ0) is 27.4. The number of ketones is 1. The Hall–Kier alpha value is -4.59. The Morgan fingerprint density at radius 1 is 1.16 bits per heavy atom. The van der Waals surface area contributed by atoms with Gasteiger partial charge in [0.05, 0.1) is 28.0 Å². The number of aromatic nitrogens is 3. The van der Waals surface area contributed by atoms with E-state index in [1.54, 1.807) is 38.1 Å². The first-order valence-corrected chi connectivity index (χ1v) is 13.0. The van der Waals surface area contributed by atoms with Crippen molar-refractivity contribution < 1.29 is 22.0 Å². The first kappa shape index (κ1) is 26.5. The van der Waals surface area contributed by atoms with Crippen LogP contribution in [0.3, 0.4) is 0 Å². The van der Waals surface area contributed by atoms with Crippen molar-refractivity contribution in [2.24, 2.45) is 10.9 Å². The molecule has 14 heteroatoms. The summed E-state index contributed by atoms with van der Waals surface area (Å²) in [6.07, 6.45) is 2.81. The summed E-state index contributed by atoms with van der Waals surface area (Å²) in [6.45, 7) is 3.33. The number of hydrazone groups is 1. The molecule has 0 fully saturated rings. The number of fused-ring (bicyclic) bond motifs is 1. The highest BCUT2D eigenvalue weighted by atomic mass is 32.2. The summed E-state index contributed by atoms with van der Waals surface area (Å²) < 4.78 is 56.4. The monoisotopic (exact) mass is 542 g/mol. The molecule has 0 spiro atoms. The Kier molecular flexibility index (Phi) is 7.52. The van der Waals surface area contributed by atoms with Gasteiger partial charge in [0.25, 0.3) is 0 Å². The van der Waals surface area contributed by atoms with Crippen LogP contribution >= 0.6 is 0 Å². The number of hydrogen-bond acceptors (Lipinski definition) is 8. The molecule has 38 heavy (non-hydrogen) atoms. The van der Waals surface area contributed by atoms with Gasteiger partial charge < -0.3 is 21.5 Å². The van der Waals surface area contributed by atoms with Gasteiger partial charge in [-0.1, -0.05) is 13.0 Å². The van der Waals surface area contributed by atoms with E-state index in [4.69, 9.17) is 5.84 Å². The highest BCUT2D eigenvalue weighted by Gasteiger charge is 2.27. The summed E-state index contributed by atoms with van der Waals surface area (Å²) in [5, 5.41) is 9.84. The van der Waals surface area contributed by atoms with E-state index in [9.17, 15) is 17.6 Å². The maximum absolute atomic E-state index is 15.3. The predicted octanol–water partition coefficient (Wildman–Crippen LogP) is 4.07. The fourth-order valence-electron chi connectivity index (χ4n) is 3.75. The number of halogens is 2. The molecule has 0 amide bonds. The van der Waals surface area contributed by atoms with E-state index >= 15 is 4.39 Å². The van der Waals surface area contributed by atoms with Crippen molar-refractivity contribution in [2.45, 2.75) is 20.3 Å². The Labute approximate surface area is 216 Å². The molecule has 2 aromatic heterocycles. The van der Waals surface area contributed by atoms with Crippen LogP contribution in [-0.2, 0) is 10.0 Å². The molecule has 2 heterocycles. The van der Waals surface area contributed by atoms with Crippen molar-refractivity contribution in [1.29, 1.82) is 0 Å². The summed E-state index contributed by atoms with van der Waals surface area (Å²) in [7, 11) is -3.88. The van der Waals surface area contributed by atoms with Crippen LogP contribution in [0, 0.1) is 11.6 Å². The Bertz CT molecular complexity index is 1650. The van der Waals surface area contributed by atoms with Crippen LogP contribution in [0.15, 0.2) is 54.0 Å². The quantitative estimate of drug-likeness (QED) is 0.0694. The first-order chi connectivity index (χ1) is 18.1. The number of anilines is 4. The van der Waals surface area contributed by atoms with Crippen LogP contribution in [0.2, 0.25) is 0 Å². The molecule has 198 valence electrons. The van der Waals surface area contributed by atoms with Crippen LogP contribution in [-0.4, -0.2) is 40.7 Å². The number of nitrogens with one attached hydrogen (secondary N) is 4. The first-order valence-electron chi connectivity index (χ1n) is 11.4. The van der Waals surface area contributed by atoms with E-state index in [2.05, 4.69) is 35.4 Å². The number of benzene rings is 2. The number of sulfonamides is 1. The number of aromatic amines is 1. The molecule has 0 atom stereocenters. The van der Waals surface area contributed by atoms with Gasteiger partial charge in [0.2, 0.25) is 15.8 Å². The van der Waals surface area contributed by atoms with Crippen LogP contribution in [0.1, 0.15) is 36.2 Å². The van der Waals surface area contributed by atoms with E-state index in [-0.39, 0.29) is 34.6 Å². The molecular weight excluding hydrogens is 518 g/mol. The predicted molar refractivity (Wildman–Crippen MR) is 142 cm³/mol. The number of amidine groups is 1. The van der Waals surface area contributed by atoms with E-state index in [0.29, 0.717) is 17.2 Å². The second kappa shape index (κ2) is 10.8. The van der Waals surface area contributed by atoms with Crippen molar-refractivity contribution >= 4 is 55.6 Å². The topological polar surface area (TPSA) is 167 Å². The van der Waals surface area contributed by atoms with Gasteiger partial charge >= 0.3 is 0 Å². The molecule has 0 aliphatic heterocycles. The number of nitrogens with two attached hydrogens (primary N) is 1. The zero-order valence-corrected chi connectivity index (χ0v) is 21.2. The van der Waals surface area contributed by atoms with Gasteiger partial charge in [0.1, 0.15) is 29.4 Å². The minimum Gasteiger partial charge on any atom is -0.345 e. The number of nitrogens with zero attached hydrogens (tertiary/aromatic N) is 3. The molecular formula is C24H24F2N8O3S. The summed E-state index contributed by atoms with van der Waals surface area (Å²) in [4.78, 5) is 24.5. The molecule has 0 unspecified atom stereocenters. The molecule has 2 aromatic carbocycles. The summed E-state index contributed by atoms with van der Waals surface area (Å²) in [5.41, 5.74) is -0.0758. The molecule has 0 radical (unpaired) electrons. The van der Waals surface area contributed by atoms with E-state index in [0.717, 1.165) is 12.1 Å². The average molecular weight is 543 g/mol. The third-order valence-electron chi connectivity index (χ3n) is 5.42. The number of hydrogen-bond donors (Lipinski definition) is 5. The van der Waals surface area contributed by atoms with Gasteiger partial charge in [0, 0.05) is 17.6 Å². The lowest BCUT2D eigenvalue weighted by atomic mass is 10.0. The van der Waals surface area contributed by atoms with Crippen molar-refractivity contribution in [1.82, 2.24) is 15.0 Å². The lowest BCUT2D eigenvalue weighted by Crippen LogP contribution is -2.18. The molecule has 0 aliphatic rings. The summed E-state index contributed by atoms with van der Waals surface area (Å²) in [6, 6.07) is 8.78. The Morgan fingerprint density at radius 2 is 1.92 bits per heavy atom. The van der Waals surface area contributed by atoms with Gasteiger partial charge in [-0.2, -0.15) is 5.10 Å². The van der Waals surface area contributed by atoms with Crippen molar-refractivity contribution in [3.63, 3.8) is 0 Å². The highest BCUT2D eigenvalue weighted by Crippen LogP contribution is 2.31. The van der Waals surface area contributed by atoms with Gasteiger partial charge in [-0.25, -0.2) is 27.2 Å². The minimum absolute atomic E-state index is 0.116. The van der Waals surface area contributed by atoms with Crippen molar-refractivity contribution in [3.8, 4) is 0 Å². The van der Waals surface area contributed by atoms with E-state index in [1.807, 2.05) is 0 Å². The van der Waals surface area contributed by atoms with E-state index in [1.165, 1.54) is 12.5 Å². The highest BCUT2D eigenvalue weighted by molar-refractivity contribution is 7.92. The number of carbonyl (C=O) groups is 1. The lowest BCUT2D eigenvalue weighted by molar-refractivity contribution is 0.103. The molecule has 6 N–H and O–H groups in total. The molecule has 0 saturated heterocycles. The fourth-order valence-corrected chi connectivity index (χ4v) is 4.88. The van der Waals surface area contributed by atoms with Crippen LogP contribution in [0.5, 0.6) is 0 Å². The lowest BCUT2D eigenvalue weighted by Gasteiger charge is -2.12. The number of carbonyl (C=O) groups excluding carboxylic acids is 1. The molecule has 0 bridgehead atoms. The Morgan fingerprint density at radius 3 is 2.66 bits per heavy atom. The van der Waals surface area contributed by atoms with E-state index < -0.39 is 38.7 Å². The second-order valence-corrected chi connectivity index (χ2v) is 10.1. The van der Waals surface area contributed by atoms with Crippen LogP contribution in [0.4, 0.5) is 31.7 Å². The van der Waals surface area contributed by atoms with Gasteiger partial charge in [-0.3, -0.25) is 9.52 Å². The third-order valence-corrected chi connectivity index (χ3v) is 6.89. The molecule has 4 rings (SSSR count). The average Bonchev–Trinajstić information content (AvgIpc) is 3.31. The maximum atomic E-state index is 15.3. The van der Waals surface area contributed by atoms with Crippen molar-refractivity contribution in [2.75, 3.05) is 21.1 Å². The number of H-pyrrole nitrogens is 1. The van der Waals surface area contributed by atoms with Crippen LogP contribution < -0.4 is 21.2 Å². The molecule has 11 nitrogen and oxygen atoms in total. The van der Waals surface area contributed by atoms with Crippen LogP contribution in [0.25, 0.3) is 11.0 Å². The zero-order valence-electron chi connectivity index (χ0n) is 20.3.